The molecular formula is C22H35IN6O3. The molecule has 0 radical (unpaired) electrons. The van der Waals surface area contributed by atoms with E-state index < -0.39 is 6.10 Å². The molecule has 0 spiro atoms. The van der Waals surface area contributed by atoms with Gasteiger partial charge in [0.2, 0.25) is 0 Å². The van der Waals surface area contributed by atoms with Gasteiger partial charge in [-0.15, -0.1) is 34.2 Å². The van der Waals surface area contributed by atoms with Gasteiger partial charge in [0.25, 0.3) is 0 Å². The Morgan fingerprint density at radius 2 is 2.16 bits per heavy atom. The van der Waals surface area contributed by atoms with Gasteiger partial charge in [-0.05, 0) is 51.3 Å². The molecule has 1 aliphatic heterocycles. The van der Waals surface area contributed by atoms with Crippen molar-refractivity contribution in [2.75, 3.05) is 19.7 Å². The normalized spacial score (nSPS) is 17.2. The quantitative estimate of drug-likeness (QED) is 0.247. The van der Waals surface area contributed by atoms with Crippen molar-refractivity contribution in [2.45, 2.75) is 58.5 Å². The largest absolute Gasteiger partial charge is 0.491 e. The number of aliphatic hydroxyl groups is 1. The minimum atomic E-state index is -0.706. The SMILES string of the molecule is Cc1nnc(CN=C(NCC2CCCO2)NCC(O)c2cccc(OC(C)C)c2)n1C.I. The summed E-state index contributed by atoms with van der Waals surface area (Å²) in [4.78, 5) is 4.63. The monoisotopic (exact) mass is 558 g/mol. The molecule has 0 bridgehead atoms. The van der Waals surface area contributed by atoms with Crippen molar-refractivity contribution >= 4 is 29.9 Å². The maximum absolute atomic E-state index is 10.7. The van der Waals surface area contributed by atoms with Crippen LogP contribution in [0, 0.1) is 6.92 Å². The number of halogens is 1. The summed E-state index contributed by atoms with van der Waals surface area (Å²) in [5, 5.41) is 25.5. The summed E-state index contributed by atoms with van der Waals surface area (Å²) in [5.41, 5.74) is 0.785. The van der Waals surface area contributed by atoms with Crippen molar-refractivity contribution in [3.63, 3.8) is 0 Å². The summed E-state index contributed by atoms with van der Waals surface area (Å²) in [6.45, 7) is 8.02. The fourth-order valence-electron chi connectivity index (χ4n) is 3.31. The lowest BCUT2D eigenvalue weighted by atomic mass is 10.1. The Balaban J connectivity index is 0.00000363. The minimum Gasteiger partial charge on any atom is -0.491 e. The van der Waals surface area contributed by atoms with E-state index in [0.717, 1.165) is 42.4 Å². The Kier molecular flexibility index (Phi) is 10.7. The van der Waals surface area contributed by atoms with Crippen LogP contribution in [0.1, 0.15) is 50.0 Å². The van der Waals surface area contributed by atoms with Crippen LogP contribution >= 0.6 is 24.0 Å². The predicted octanol–water partition coefficient (Wildman–Crippen LogP) is 2.48. The lowest BCUT2D eigenvalue weighted by Gasteiger charge is -2.18. The van der Waals surface area contributed by atoms with Gasteiger partial charge in [0.15, 0.2) is 11.8 Å². The number of aryl methyl sites for hydroxylation is 1. The molecule has 3 rings (SSSR count). The maximum Gasteiger partial charge on any atom is 0.191 e. The highest BCUT2D eigenvalue weighted by Gasteiger charge is 2.17. The van der Waals surface area contributed by atoms with Crippen molar-refractivity contribution in [3.8, 4) is 5.75 Å². The highest BCUT2D eigenvalue weighted by atomic mass is 127. The molecule has 2 unspecified atom stereocenters. The number of rotatable bonds is 9. The molecule has 9 nitrogen and oxygen atoms in total. The number of hydrogen-bond acceptors (Lipinski definition) is 6. The van der Waals surface area contributed by atoms with Crippen LogP contribution in [-0.2, 0) is 18.3 Å². The van der Waals surface area contributed by atoms with E-state index >= 15 is 0 Å². The molecule has 2 aromatic rings. The van der Waals surface area contributed by atoms with Gasteiger partial charge in [0, 0.05) is 26.7 Å². The summed E-state index contributed by atoms with van der Waals surface area (Å²) in [7, 11) is 1.92. The Bertz CT molecular complexity index is 867. The van der Waals surface area contributed by atoms with Crippen LogP contribution in [0.2, 0.25) is 0 Å². The van der Waals surface area contributed by atoms with Gasteiger partial charge in [0.1, 0.15) is 18.1 Å². The second kappa shape index (κ2) is 12.9. The molecule has 10 heteroatoms. The number of guanidine groups is 1. The van der Waals surface area contributed by atoms with Gasteiger partial charge >= 0.3 is 0 Å². The fourth-order valence-corrected chi connectivity index (χ4v) is 3.31. The summed E-state index contributed by atoms with van der Waals surface area (Å²) in [5.74, 6) is 2.96. The average molecular weight is 558 g/mol. The average Bonchev–Trinajstić information content (AvgIpc) is 3.37. The van der Waals surface area contributed by atoms with Gasteiger partial charge < -0.3 is 29.8 Å². The van der Waals surface area contributed by atoms with E-state index in [1.807, 2.05) is 56.7 Å². The molecule has 178 valence electrons. The Morgan fingerprint density at radius 3 is 2.81 bits per heavy atom. The van der Waals surface area contributed by atoms with E-state index in [9.17, 15) is 5.11 Å². The van der Waals surface area contributed by atoms with Crippen LogP contribution in [0.4, 0.5) is 0 Å². The van der Waals surface area contributed by atoms with Crippen molar-refractivity contribution < 1.29 is 14.6 Å². The number of hydrogen-bond donors (Lipinski definition) is 3. The number of aliphatic imine (C=N–C) groups is 1. The first-order chi connectivity index (χ1) is 14.9. The van der Waals surface area contributed by atoms with E-state index in [0.29, 0.717) is 25.6 Å². The third kappa shape index (κ3) is 7.89. The van der Waals surface area contributed by atoms with E-state index in [4.69, 9.17) is 9.47 Å². The van der Waals surface area contributed by atoms with Crippen LogP contribution in [0.3, 0.4) is 0 Å². The smallest absolute Gasteiger partial charge is 0.191 e. The van der Waals surface area contributed by atoms with Crippen LogP contribution in [0.15, 0.2) is 29.3 Å². The van der Waals surface area contributed by atoms with E-state index in [-0.39, 0.29) is 36.2 Å². The summed E-state index contributed by atoms with van der Waals surface area (Å²) in [6.07, 6.45) is 1.67. The van der Waals surface area contributed by atoms with Crippen molar-refractivity contribution in [1.29, 1.82) is 0 Å². The second-order valence-corrected chi connectivity index (χ2v) is 8.04. The summed E-state index contributed by atoms with van der Waals surface area (Å²) >= 11 is 0. The first-order valence-corrected chi connectivity index (χ1v) is 10.9. The second-order valence-electron chi connectivity index (χ2n) is 8.04. The molecule has 32 heavy (non-hydrogen) atoms. The fraction of sp³-hybridized carbons (Fsp3) is 0.591. The molecular weight excluding hydrogens is 523 g/mol. The number of ether oxygens (including phenoxy) is 2. The predicted molar refractivity (Wildman–Crippen MR) is 134 cm³/mol. The lowest BCUT2D eigenvalue weighted by molar-refractivity contribution is 0.113. The molecule has 0 saturated carbocycles. The standard InChI is InChI=1S/C22H34N6O3.HI/c1-15(2)31-18-8-5-7-17(11-18)20(29)13-24-22(23-12-19-9-6-10-30-19)25-14-21-27-26-16(3)28(21)4;/h5,7-8,11,15,19-20,29H,6,9-10,12-14H2,1-4H3,(H2,23,24,25);1H. The molecule has 1 fully saturated rings. The third-order valence-electron chi connectivity index (χ3n) is 5.16. The molecule has 1 aliphatic rings. The van der Waals surface area contributed by atoms with E-state index in [1.54, 1.807) is 0 Å². The zero-order valence-electron chi connectivity index (χ0n) is 19.2. The number of nitrogens with zero attached hydrogens (tertiary/aromatic N) is 4. The molecule has 0 amide bonds. The van der Waals surface area contributed by atoms with Crippen molar-refractivity contribution in [2.24, 2.45) is 12.0 Å². The van der Waals surface area contributed by atoms with Gasteiger partial charge in [-0.3, -0.25) is 0 Å². The molecule has 2 atom stereocenters. The number of aromatic nitrogens is 3. The zero-order valence-corrected chi connectivity index (χ0v) is 21.6. The minimum absolute atomic E-state index is 0. The van der Waals surface area contributed by atoms with Crippen molar-refractivity contribution in [3.05, 3.63) is 41.5 Å². The highest BCUT2D eigenvalue weighted by molar-refractivity contribution is 14.0. The zero-order chi connectivity index (χ0) is 22.2. The van der Waals surface area contributed by atoms with Crippen LogP contribution < -0.4 is 15.4 Å². The molecule has 2 heterocycles. The lowest BCUT2D eigenvalue weighted by Crippen LogP contribution is -2.42. The number of nitrogens with one attached hydrogen (secondary N) is 2. The first kappa shape index (κ1) is 26.3. The number of aliphatic hydroxyl groups excluding tert-OH is 1. The Hall–Kier alpha value is -1.92. The Labute approximate surface area is 207 Å². The van der Waals surface area contributed by atoms with E-state index in [2.05, 4.69) is 25.8 Å². The molecule has 0 aliphatic carbocycles. The topological polar surface area (TPSA) is 106 Å². The number of benzene rings is 1. The molecule has 3 N–H and O–H groups in total. The van der Waals surface area contributed by atoms with Crippen LogP contribution in [-0.4, -0.2) is 57.7 Å². The van der Waals surface area contributed by atoms with Gasteiger partial charge in [-0.25, -0.2) is 4.99 Å². The summed E-state index contributed by atoms with van der Waals surface area (Å²) in [6, 6.07) is 7.53. The summed E-state index contributed by atoms with van der Waals surface area (Å²) < 4.78 is 13.3. The molecule has 1 aromatic carbocycles. The maximum atomic E-state index is 10.7. The molecule has 1 aromatic heterocycles. The van der Waals surface area contributed by atoms with Gasteiger partial charge in [-0.1, -0.05) is 12.1 Å². The van der Waals surface area contributed by atoms with Crippen molar-refractivity contribution in [1.82, 2.24) is 25.4 Å². The third-order valence-corrected chi connectivity index (χ3v) is 5.16. The van der Waals surface area contributed by atoms with Crippen LogP contribution in [0.25, 0.3) is 0 Å². The molecule has 1 saturated heterocycles. The highest BCUT2D eigenvalue weighted by Crippen LogP contribution is 2.20. The van der Waals surface area contributed by atoms with Gasteiger partial charge in [-0.2, -0.15) is 0 Å². The van der Waals surface area contributed by atoms with Crippen LogP contribution in [0.5, 0.6) is 5.75 Å². The van der Waals surface area contributed by atoms with E-state index in [1.165, 1.54) is 0 Å². The Morgan fingerprint density at radius 1 is 1.34 bits per heavy atom. The first-order valence-electron chi connectivity index (χ1n) is 10.9. The van der Waals surface area contributed by atoms with Gasteiger partial charge in [0.05, 0.1) is 18.3 Å².